The van der Waals surface area contributed by atoms with Gasteiger partial charge in [0.15, 0.2) is 5.65 Å². The van der Waals surface area contributed by atoms with Gasteiger partial charge in [-0.3, -0.25) is 9.78 Å². The molecular formula is C22H22N6O2. The summed E-state index contributed by atoms with van der Waals surface area (Å²) in [6, 6.07) is 17.7. The van der Waals surface area contributed by atoms with Crippen LogP contribution < -0.4 is 15.8 Å². The fourth-order valence-electron chi connectivity index (χ4n) is 3.68. The molecular weight excluding hydrogens is 380 g/mol. The van der Waals surface area contributed by atoms with Crippen molar-refractivity contribution in [2.24, 2.45) is 0 Å². The summed E-state index contributed by atoms with van der Waals surface area (Å²) in [6.07, 6.45) is 1.77. The monoisotopic (exact) mass is 402 g/mol. The summed E-state index contributed by atoms with van der Waals surface area (Å²) in [6.45, 7) is 4.58. The van der Waals surface area contributed by atoms with Gasteiger partial charge in [-0.15, -0.1) is 0 Å². The van der Waals surface area contributed by atoms with E-state index in [-0.39, 0.29) is 11.7 Å². The number of morpholine rings is 1. The fourth-order valence-corrected chi connectivity index (χ4v) is 3.68. The quantitative estimate of drug-likeness (QED) is 0.545. The molecule has 0 radical (unpaired) electrons. The van der Waals surface area contributed by atoms with Gasteiger partial charge in [-0.05, 0) is 43.3 Å². The van der Waals surface area contributed by atoms with Crippen molar-refractivity contribution in [2.45, 2.75) is 13.0 Å². The lowest BCUT2D eigenvalue weighted by atomic mass is 10.2. The Morgan fingerprint density at radius 3 is 2.67 bits per heavy atom. The predicted octanol–water partition coefficient (Wildman–Crippen LogP) is 3.08. The summed E-state index contributed by atoms with van der Waals surface area (Å²) >= 11 is 0. The molecule has 0 amide bonds. The number of H-pyrrole nitrogens is 1. The van der Waals surface area contributed by atoms with Crippen molar-refractivity contribution in [1.82, 2.24) is 19.7 Å². The Labute approximate surface area is 173 Å². The van der Waals surface area contributed by atoms with Gasteiger partial charge in [0.05, 0.1) is 24.6 Å². The van der Waals surface area contributed by atoms with E-state index in [0.717, 1.165) is 36.8 Å². The number of aromatic nitrogens is 4. The Hall–Kier alpha value is -3.65. The minimum atomic E-state index is -0.233. The molecule has 1 unspecified atom stereocenters. The van der Waals surface area contributed by atoms with Gasteiger partial charge in [0, 0.05) is 24.5 Å². The van der Waals surface area contributed by atoms with Crippen LogP contribution in [-0.4, -0.2) is 45.5 Å². The zero-order valence-corrected chi connectivity index (χ0v) is 16.6. The minimum absolute atomic E-state index is 0.229. The molecule has 5 rings (SSSR count). The van der Waals surface area contributed by atoms with Crippen LogP contribution in [0.2, 0.25) is 0 Å². The van der Waals surface area contributed by atoms with Crippen LogP contribution in [0, 0.1) is 0 Å². The van der Waals surface area contributed by atoms with Crippen molar-refractivity contribution in [3.63, 3.8) is 0 Å². The first kappa shape index (κ1) is 18.4. The highest BCUT2D eigenvalue weighted by atomic mass is 16.5. The van der Waals surface area contributed by atoms with Crippen molar-refractivity contribution < 1.29 is 4.74 Å². The van der Waals surface area contributed by atoms with Crippen molar-refractivity contribution in [1.29, 1.82) is 0 Å². The SMILES string of the molecule is CC1CN(c2ccc(Nc3nc4c(cnn4-c4ccccc4)c(=O)[nH]3)cc2)CCO1. The zero-order chi connectivity index (χ0) is 20.5. The average molecular weight is 402 g/mol. The van der Waals surface area contributed by atoms with Crippen molar-refractivity contribution >= 4 is 28.4 Å². The van der Waals surface area contributed by atoms with Crippen molar-refractivity contribution in [3.8, 4) is 5.69 Å². The first-order valence-electron chi connectivity index (χ1n) is 9.94. The Bertz CT molecular complexity index is 1220. The number of fused-ring (bicyclic) bond motifs is 1. The lowest BCUT2D eigenvalue weighted by molar-refractivity contribution is 0.0532. The summed E-state index contributed by atoms with van der Waals surface area (Å²) in [5.41, 5.74) is 3.11. The molecule has 0 saturated carbocycles. The molecule has 0 aliphatic carbocycles. The van der Waals surface area contributed by atoms with Gasteiger partial charge in [-0.2, -0.15) is 10.1 Å². The van der Waals surface area contributed by atoms with Gasteiger partial charge < -0.3 is 15.0 Å². The molecule has 2 N–H and O–H groups in total. The number of anilines is 3. The maximum absolute atomic E-state index is 12.5. The largest absolute Gasteiger partial charge is 0.375 e. The maximum Gasteiger partial charge on any atom is 0.263 e. The fraction of sp³-hybridized carbons (Fsp3) is 0.227. The highest BCUT2D eigenvalue weighted by Gasteiger charge is 2.17. The molecule has 1 aliphatic heterocycles. The molecule has 1 saturated heterocycles. The van der Waals surface area contributed by atoms with Crippen LogP contribution in [0.1, 0.15) is 6.92 Å². The number of ether oxygens (including phenoxy) is 1. The molecule has 3 heterocycles. The number of hydrogen-bond acceptors (Lipinski definition) is 6. The van der Waals surface area contributed by atoms with Crippen molar-refractivity contribution in [3.05, 3.63) is 71.1 Å². The van der Waals surface area contributed by atoms with Gasteiger partial charge in [-0.1, -0.05) is 18.2 Å². The normalized spacial score (nSPS) is 16.7. The van der Waals surface area contributed by atoms with E-state index in [2.05, 4.69) is 44.3 Å². The first-order valence-corrected chi connectivity index (χ1v) is 9.94. The number of aromatic amines is 1. The van der Waals surface area contributed by atoms with Crippen LogP contribution in [0.3, 0.4) is 0 Å². The maximum atomic E-state index is 12.5. The van der Waals surface area contributed by atoms with Gasteiger partial charge in [0.25, 0.3) is 5.56 Å². The smallest absolute Gasteiger partial charge is 0.263 e. The number of hydrogen-bond donors (Lipinski definition) is 2. The van der Waals surface area contributed by atoms with Gasteiger partial charge in [-0.25, -0.2) is 4.68 Å². The summed E-state index contributed by atoms with van der Waals surface area (Å²) < 4.78 is 7.28. The number of benzene rings is 2. The second-order valence-corrected chi connectivity index (χ2v) is 7.34. The molecule has 1 aliphatic rings. The Kier molecular flexibility index (Phi) is 4.68. The number of nitrogens with zero attached hydrogens (tertiary/aromatic N) is 4. The lowest BCUT2D eigenvalue weighted by Crippen LogP contribution is -2.41. The molecule has 1 fully saturated rings. The molecule has 152 valence electrons. The topological polar surface area (TPSA) is 88.1 Å². The highest BCUT2D eigenvalue weighted by Crippen LogP contribution is 2.22. The van der Waals surface area contributed by atoms with Gasteiger partial charge in [0.2, 0.25) is 5.95 Å². The summed E-state index contributed by atoms with van der Waals surface area (Å²) in [5, 5.41) is 7.97. The lowest BCUT2D eigenvalue weighted by Gasteiger charge is -2.33. The van der Waals surface area contributed by atoms with E-state index < -0.39 is 0 Å². The molecule has 30 heavy (non-hydrogen) atoms. The number of para-hydroxylation sites is 1. The Balaban J connectivity index is 1.42. The standard InChI is InChI=1S/C22H22N6O2/c1-15-14-27(11-12-30-15)17-9-7-16(8-10-17)24-22-25-20-19(21(29)26-22)13-23-28(20)18-5-3-2-4-6-18/h2-10,13,15H,11-12,14H2,1H3,(H2,24,25,26,29). The summed E-state index contributed by atoms with van der Waals surface area (Å²) in [4.78, 5) is 22.2. The molecule has 8 heteroatoms. The van der Waals surface area contributed by atoms with Crippen LogP contribution in [0.15, 0.2) is 65.6 Å². The van der Waals surface area contributed by atoms with E-state index >= 15 is 0 Å². The minimum Gasteiger partial charge on any atom is -0.375 e. The third kappa shape index (κ3) is 3.53. The van der Waals surface area contributed by atoms with E-state index in [1.165, 1.54) is 6.20 Å². The second-order valence-electron chi connectivity index (χ2n) is 7.34. The van der Waals surface area contributed by atoms with Gasteiger partial charge >= 0.3 is 0 Å². The van der Waals surface area contributed by atoms with E-state index in [4.69, 9.17) is 4.74 Å². The third-order valence-electron chi connectivity index (χ3n) is 5.18. The second kappa shape index (κ2) is 7.64. The summed E-state index contributed by atoms with van der Waals surface area (Å²) in [7, 11) is 0. The molecule has 4 aromatic rings. The number of nitrogens with one attached hydrogen (secondary N) is 2. The molecule has 8 nitrogen and oxygen atoms in total. The van der Waals surface area contributed by atoms with Crippen LogP contribution in [0.25, 0.3) is 16.7 Å². The zero-order valence-electron chi connectivity index (χ0n) is 16.6. The van der Waals surface area contributed by atoms with Crippen LogP contribution in [-0.2, 0) is 4.74 Å². The van der Waals surface area contributed by atoms with E-state index in [1.54, 1.807) is 4.68 Å². The molecule has 2 aromatic heterocycles. The summed E-state index contributed by atoms with van der Waals surface area (Å²) in [5.74, 6) is 0.373. The average Bonchev–Trinajstić information content (AvgIpc) is 3.19. The molecule has 0 spiro atoms. The van der Waals surface area contributed by atoms with Crippen LogP contribution in [0.5, 0.6) is 0 Å². The van der Waals surface area contributed by atoms with Crippen LogP contribution in [0.4, 0.5) is 17.3 Å². The molecule has 0 bridgehead atoms. The van der Waals surface area contributed by atoms with Gasteiger partial charge in [0.1, 0.15) is 5.39 Å². The van der Waals surface area contributed by atoms with Crippen LogP contribution >= 0.6 is 0 Å². The van der Waals surface area contributed by atoms with E-state index in [1.807, 2.05) is 42.5 Å². The van der Waals surface area contributed by atoms with E-state index in [0.29, 0.717) is 17.0 Å². The first-order chi connectivity index (χ1) is 14.7. The highest BCUT2D eigenvalue weighted by molar-refractivity contribution is 5.77. The molecule has 1 atom stereocenters. The third-order valence-corrected chi connectivity index (χ3v) is 5.18. The Morgan fingerprint density at radius 1 is 1.10 bits per heavy atom. The Morgan fingerprint density at radius 2 is 1.90 bits per heavy atom. The van der Waals surface area contributed by atoms with Crippen molar-refractivity contribution in [2.75, 3.05) is 29.9 Å². The van der Waals surface area contributed by atoms with E-state index in [9.17, 15) is 4.79 Å². The predicted molar refractivity (Wildman–Crippen MR) is 117 cm³/mol. The molecule has 2 aromatic carbocycles. The number of rotatable bonds is 4.